The fourth-order valence-electron chi connectivity index (χ4n) is 0.821. The second-order valence-corrected chi connectivity index (χ2v) is 6.23. The first kappa shape index (κ1) is 13.2. The fraction of sp³-hybridized carbons (Fsp3) is 0.143. The van der Waals surface area contributed by atoms with E-state index in [1.54, 1.807) is 0 Å². The van der Waals surface area contributed by atoms with Gasteiger partial charge in [0.1, 0.15) is 5.21 Å². The van der Waals surface area contributed by atoms with E-state index in [1.807, 2.05) is 0 Å². The van der Waals surface area contributed by atoms with Crippen molar-refractivity contribution in [3.05, 3.63) is 28.2 Å². The Balaban J connectivity index is 3.24. The van der Waals surface area contributed by atoms with Crippen molar-refractivity contribution >= 4 is 62.3 Å². The number of benzene rings is 1. The number of sulfonamides is 1. The Morgan fingerprint density at radius 1 is 1.27 bits per heavy atom. The van der Waals surface area contributed by atoms with Crippen molar-refractivity contribution in [1.29, 1.82) is 0 Å². The Bertz CT molecular complexity index is 462. The average molecular weight is 309 g/mol. The molecule has 8 heteroatoms. The molecule has 0 aromatic heterocycles. The lowest BCUT2D eigenvalue weighted by molar-refractivity contribution is 0.602. The Kier molecular flexibility index (Phi) is 4.38. The number of rotatable bonds is 3. The number of anilines is 1. The zero-order chi connectivity index (χ0) is 11.6. The van der Waals surface area contributed by atoms with Crippen LogP contribution in [0.25, 0.3) is 0 Å². The molecule has 0 unspecified atom stereocenters. The third-order valence-electron chi connectivity index (χ3n) is 1.50. The first-order chi connectivity index (χ1) is 6.90. The summed E-state index contributed by atoms with van der Waals surface area (Å²) >= 11 is 22.3. The van der Waals surface area contributed by atoms with Crippen molar-refractivity contribution in [1.82, 2.24) is 0 Å². The van der Waals surface area contributed by atoms with Crippen LogP contribution in [0.2, 0.25) is 10.0 Å². The molecule has 0 fully saturated rings. The summed E-state index contributed by atoms with van der Waals surface area (Å²) in [7, 11) is -3.77. The highest BCUT2D eigenvalue weighted by Gasteiger charge is 2.22. The van der Waals surface area contributed by atoms with E-state index in [9.17, 15) is 8.42 Å². The van der Waals surface area contributed by atoms with Gasteiger partial charge in [-0.05, 0) is 12.1 Å². The smallest absolute Gasteiger partial charge is 0.204 e. The zero-order valence-corrected chi connectivity index (χ0v) is 11.0. The number of nitrogens with zero attached hydrogens (tertiary/aromatic N) is 1. The van der Waals surface area contributed by atoms with E-state index < -0.39 is 15.2 Å². The minimum Gasteiger partial charge on any atom is -0.204 e. The number of halogens is 4. The van der Waals surface area contributed by atoms with E-state index in [4.69, 9.17) is 46.6 Å². The molecule has 0 heterocycles. The van der Waals surface area contributed by atoms with Crippen LogP contribution >= 0.6 is 46.6 Å². The first-order valence-electron chi connectivity index (χ1n) is 3.59. The van der Waals surface area contributed by atoms with Crippen LogP contribution in [0.5, 0.6) is 0 Å². The van der Waals surface area contributed by atoms with Crippen LogP contribution < -0.4 is 3.82 Å². The molecule has 0 saturated carbocycles. The van der Waals surface area contributed by atoms with Gasteiger partial charge in [-0.2, -0.15) is 3.82 Å². The lowest BCUT2D eigenvalue weighted by atomic mass is 10.3. The van der Waals surface area contributed by atoms with Gasteiger partial charge in [0.15, 0.2) is 0 Å². The maximum Gasteiger partial charge on any atom is 0.263 e. The molecule has 0 atom stereocenters. The highest BCUT2D eigenvalue weighted by molar-refractivity contribution is 7.95. The molecule has 1 aromatic carbocycles. The molecule has 0 spiro atoms. The molecule has 0 bridgehead atoms. The normalized spacial score (nSPS) is 11.5. The molecule has 0 aliphatic heterocycles. The Hall–Kier alpha value is 0.130. The zero-order valence-electron chi connectivity index (χ0n) is 7.12. The molecule has 0 radical (unpaired) electrons. The predicted molar refractivity (Wildman–Crippen MR) is 64.4 cm³/mol. The number of hydrogen-bond donors (Lipinski definition) is 0. The summed E-state index contributed by atoms with van der Waals surface area (Å²) in [6.07, 6.45) is 0. The third kappa shape index (κ3) is 2.82. The van der Waals surface area contributed by atoms with Crippen LogP contribution in [0.3, 0.4) is 0 Å². The van der Waals surface area contributed by atoms with Crippen LogP contribution in [0.15, 0.2) is 18.2 Å². The van der Waals surface area contributed by atoms with Crippen molar-refractivity contribution in [3.63, 3.8) is 0 Å². The summed E-state index contributed by atoms with van der Waals surface area (Å²) in [5.74, 6) is 0. The van der Waals surface area contributed by atoms with Gasteiger partial charge in [0.25, 0.3) is 10.0 Å². The largest absolute Gasteiger partial charge is 0.263 e. The van der Waals surface area contributed by atoms with Gasteiger partial charge in [0, 0.05) is 11.8 Å². The summed E-state index contributed by atoms with van der Waals surface area (Å²) in [6, 6.07) is 4.47. The summed E-state index contributed by atoms with van der Waals surface area (Å²) in [4.78, 5) is 0. The molecule has 1 aromatic rings. The summed E-state index contributed by atoms with van der Waals surface area (Å²) < 4.78 is 23.1. The molecule has 0 aliphatic carbocycles. The number of alkyl halides is 1. The molecule has 0 aliphatic rings. The minimum atomic E-state index is -3.77. The van der Waals surface area contributed by atoms with Crippen LogP contribution in [0.4, 0.5) is 5.69 Å². The molecule has 84 valence electrons. The van der Waals surface area contributed by atoms with Gasteiger partial charge in [-0.3, -0.25) is 0 Å². The summed E-state index contributed by atoms with van der Waals surface area (Å²) in [5, 5.41) is -0.369. The maximum atomic E-state index is 11.3. The molecule has 0 N–H and O–H groups in total. The van der Waals surface area contributed by atoms with Crippen molar-refractivity contribution in [2.45, 2.75) is 0 Å². The highest BCUT2D eigenvalue weighted by Crippen LogP contribution is 2.34. The monoisotopic (exact) mass is 307 g/mol. The predicted octanol–water partition coefficient (Wildman–Crippen LogP) is 3.48. The quantitative estimate of drug-likeness (QED) is 0.633. The van der Waals surface area contributed by atoms with Crippen molar-refractivity contribution in [3.8, 4) is 0 Å². The number of hydrogen-bond acceptors (Lipinski definition) is 2. The van der Waals surface area contributed by atoms with Crippen molar-refractivity contribution < 1.29 is 8.42 Å². The lowest BCUT2D eigenvalue weighted by Crippen LogP contribution is -2.22. The molecule has 15 heavy (non-hydrogen) atoms. The third-order valence-corrected chi connectivity index (χ3v) is 4.91. The second kappa shape index (κ2) is 4.97. The summed E-state index contributed by atoms with van der Waals surface area (Å²) in [5.41, 5.74) is 0.0754. The van der Waals surface area contributed by atoms with E-state index in [-0.39, 0.29) is 15.7 Å². The van der Waals surface area contributed by atoms with E-state index in [0.717, 1.165) is 0 Å². The fourth-order valence-corrected chi connectivity index (χ4v) is 2.56. The van der Waals surface area contributed by atoms with Gasteiger partial charge in [-0.1, -0.05) is 29.3 Å². The van der Waals surface area contributed by atoms with E-state index >= 15 is 0 Å². The Morgan fingerprint density at radius 3 is 2.40 bits per heavy atom. The molecular formula is C7H5Cl4NO2S. The van der Waals surface area contributed by atoms with Gasteiger partial charge in [0.2, 0.25) is 0 Å². The first-order valence-corrected chi connectivity index (χ1v) is 6.82. The Morgan fingerprint density at radius 2 is 1.87 bits per heavy atom. The van der Waals surface area contributed by atoms with Crippen LogP contribution in [-0.4, -0.2) is 13.6 Å². The van der Waals surface area contributed by atoms with Crippen molar-refractivity contribution in [2.24, 2.45) is 0 Å². The Labute approximate surface area is 108 Å². The standard InChI is InChI=1S/C7H5Cl4NO2S/c8-4-15(13,14)12(11)6-3-1-2-5(9)7(6)10/h1-3H,4H2. The molecule has 0 amide bonds. The topological polar surface area (TPSA) is 37.4 Å². The van der Waals surface area contributed by atoms with Crippen molar-refractivity contribution in [2.75, 3.05) is 9.04 Å². The SMILES string of the molecule is O=S(=O)(CCl)N(Cl)c1cccc(Cl)c1Cl. The summed E-state index contributed by atoms with van der Waals surface area (Å²) in [6.45, 7) is 0. The van der Waals surface area contributed by atoms with Gasteiger partial charge in [-0.25, -0.2) is 8.42 Å². The van der Waals surface area contributed by atoms with E-state index in [1.165, 1.54) is 18.2 Å². The van der Waals surface area contributed by atoms with E-state index in [0.29, 0.717) is 3.82 Å². The second-order valence-electron chi connectivity index (χ2n) is 2.51. The van der Waals surface area contributed by atoms with Gasteiger partial charge < -0.3 is 0 Å². The molecule has 0 saturated heterocycles. The molecular weight excluding hydrogens is 304 g/mol. The van der Waals surface area contributed by atoms with Crippen LogP contribution in [-0.2, 0) is 10.0 Å². The van der Waals surface area contributed by atoms with E-state index in [2.05, 4.69) is 0 Å². The van der Waals surface area contributed by atoms with Gasteiger partial charge in [-0.15, -0.1) is 11.6 Å². The molecule has 1 rings (SSSR count). The average Bonchev–Trinajstić information content (AvgIpc) is 2.21. The minimum absolute atomic E-state index is 0.0582. The van der Waals surface area contributed by atoms with Crippen LogP contribution in [0.1, 0.15) is 0 Å². The highest BCUT2D eigenvalue weighted by atomic mass is 35.5. The van der Waals surface area contributed by atoms with Gasteiger partial charge >= 0.3 is 0 Å². The molecule has 3 nitrogen and oxygen atoms in total. The maximum absolute atomic E-state index is 11.3. The van der Waals surface area contributed by atoms with Gasteiger partial charge in [0.05, 0.1) is 15.7 Å². The van der Waals surface area contributed by atoms with Crippen LogP contribution in [0, 0.1) is 0 Å². The lowest BCUT2D eigenvalue weighted by Gasteiger charge is -2.15.